The third kappa shape index (κ3) is 4.03. The zero-order valence-electron chi connectivity index (χ0n) is 17.0. The summed E-state index contributed by atoms with van der Waals surface area (Å²) >= 11 is 0. The van der Waals surface area contributed by atoms with Crippen molar-refractivity contribution in [1.82, 2.24) is 0 Å². The molecule has 4 rings (SSSR count). The lowest BCUT2D eigenvalue weighted by molar-refractivity contribution is -0.00955. The van der Waals surface area contributed by atoms with Crippen LogP contribution in [0.3, 0.4) is 0 Å². The fourth-order valence-electron chi connectivity index (χ4n) is 6.29. The predicted molar refractivity (Wildman–Crippen MR) is 110 cm³/mol. The third-order valence-corrected chi connectivity index (χ3v) is 7.70. The quantitative estimate of drug-likeness (QED) is 0.573. The monoisotopic (exact) mass is 354 g/mol. The molecule has 0 heterocycles. The van der Waals surface area contributed by atoms with Crippen LogP contribution in [0.1, 0.15) is 94.2 Å². The van der Waals surface area contributed by atoms with Gasteiger partial charge in [-0.05, 0) is 105 Å². The third-order valence-electron chi connectivity index (χ3n) is 7.70. The Morgan fingerprint density at radius 1 is 0.923 bits per heavy atom. The van der Waals surface area contributed by atoms with E-state index >= 15 is 0 Å². The summed E-state index contributed by atoms with van der Waals surface area (Å²) in [5.74, 6) is 3.65. The molecule has 0 spiro atoms. The first kappa shape index (κ1) is 18.5. The largest absolute Gasteiger partial charge is 0.378 e. The van der Waals surface area contributed by atoms with Gasteiger partial charge in [-0.25, -0.2) is 0 Å². The van der Waals surface area contributed by atoms with Crippen molar-refractivity contribution in [3.8, 4) is 0 Å². The number of fused-ring (bicyclic) bond motifs is 2. The molecular weight excluding hydrogens is 316 g/mol. The maximum atomic E-state index is 5.93. The Labute approximate surface area is 160 Å². The number of benzene rings is 1. The first-order valence-corrected chi connectivity index (χ1v) is 11.5. The van der Waals surface area contributed by atoms with Crippen molar-refractivity contribution in [3.63, 3.8) is 0 Å². The van der Waals surface area contributed by atoms with Gasteiger partial charge in [-0.1, -0.05) is 38.0 Å². The molecule has 1 nitrogen and oxygen atoms in total. The van der Waals surface area contributed by atoms with Gasteiger partial charge >= 0.3 is 0 Å². The molecule has 26 heavy (non-hydrogen) atoms. The Morgan fingerprint density at radius 2 is 1.77 bits per heavy atom. The standard InChI is InChI=1S/C25H38O/c1-3-5-18-6-7-20-15-21(9-8-19(20)14-18)22-10-11-24-17-25(26-4-2)13-12-23(24)16-22/h8-9,15,18,22-25H,3-7,10-14,16-17H2,1-2H3. The molecule has 0 N–H and O–H groups in total. The van der Waals surface area contributed by atoms with Crippen LogP contribution in [0.5, 0.6) is 0 Å². The van der Waals surface area contributed by atoms with E-state index in [0.717, 1.165) is 30.3 Å². The minimum absolute atomic E-state index is 0.553. The normalized spacial score (nSPS) is 34.2. The molecule has 0 bridgehead atoms. The maximum absolute atomic E-state index is 5.93. The second-order valence-electron chi connectivity index (χ2n) is 9.35. The smallest absolute Gasteiger partial charge is 0.0577 e. The van der Waals surface area contributed by atoms with E-state index in [9.17, 15) is 0 Å². The highest BCUT2D eigenvalue weighted by atomic mass is 16.5. The first-order valence-electron chi connectivity index (χ1n) is 11.5. The average Bonchev–Trinajstić information content (AvgIpc) is 2.68. The van der Waals surface area contributed by atoms with E-state index in [2.05, 4.69) is 32.0 Å². The second-order valence-corrected chi connectivity index (χ2v) is 9.35. The van der Waals surface area contributed by atoms with Crippen molar-refractivity contribution in [2.45, 2.75) is 96.5 Å². The van der Waals surface area contributed by atoms with Crippen LogP contribution in [0.4, 0.5) is 0 Å². The molecule has 3 aliphatic rings. The molecular formula is C25H38O. The van der Waals surface area contributed by atoms with Gasteiger partial charge in [-0.2, -0.15) is 0 Å². The van der Waals surface area contributed by atoms with Crippen LogP contribution in [0.2, 0.25) is 0 Å². The SMILES string of the molecule is CCCC1CCc2cc(C3CCC4CC(OCC)CCC4C3)ccc2C1. The highest BCUT2D eigenvalue weighted by Gasteiger charge is 2.36. The summed E-state index contributed by atoms with van der Waals surface area (Å²) in [5, 5.41) is 0. The number of aryl methyl sites for hydroxylation is 1. The molecule has 1 aromatic carbocycles. The Kier molecular flexibility index (Phi) is 6.03. The molecule has 2 saturated carbocycles. The topological polar surface area (TPSA) is 9.23 Å². The van der Waals surface area contributed by atoms with Gasteiger partial charge < -0.3 is 4.74 Å². The molecule has 0 saturated heterocycles. The predicted octanol–water partition coefficient (Wildman–Crippen LogP) is 6.68. The molecule has 0 aliphatic heterocycles. The highest BCUT2D eigenvalue weighted by Crippen LogP contribution is 2.47. The Balaban J connectivity index is 1.39. The molecule has 1 heteroatoms. The van der Waals surface area contributed by atoms with Crippen molar-refractivity contribution in [3.05, 3.63) is 34.9 Å². The molecule has 0 radical (unpaired) electrons. The van der Waals surface area contributed by atoms with Crippen LogP contribution in [0.15, 0.2) is 18.2 Å². The van der Waals surface area contributed by atoms with Crippen LogP contribution in [0.25, 0.3) is 0 Å². The van der Waals surface area contributed by atoms with Gasteiger partial charge in [0.15, 0.2) is 0 Å². The van der Waals surface area contributed by atoms with Crippen LogP contribution in [-0.2, 0) is 17.6 Å². The summed E-state index contributed by atoms with van der Waals surface area (Å²) in [6.07, 6.45) is 15.7. The molecule has 5 atom stereocenters. The summed E-state index contributed by atoms with van der Waals surface area (Å²) in [6, 6.07) is 7.59. The van der Waals surface area contributed by atoms with Crippen molar-refractivity contribution >= 4 is 0 Å². The molecule has 2 fully saturated rings. The van der Waals surface area contributed by atoms with E-state index in [0.29, 0.717) is 6.10 Å². The van der Waals surface area contributed by atoms with Gasteiger partial charge in [0, 0.05) is 6.61 Å². The average molecular weight is 355 g/mol. The van der Waals surface area contributed by atoms with Gasteiger partial charge in [-0.15, -0.1) is 0 Å². The van der Waals surface area contributed by atoms with Crippen LogP contribution in [-0.4, -0.2) is 12.7 Å². The van der Waals surface area contributed by atoms with Gasteiger partial charge in [0.25, 0.3) is 0 Å². The minimum atomic E-state index is 0.553. The number of hydrogen-bond donors (Lipinski definition) is 0. The summed E-state index contributed by atoms with van der Waals surface area (Å²) in [7, 11) is 0. The van der Waals surface area contributed by atoms with Gasteiger partial charge in [-0.3, -0.25) is 0 Å². The Morgan fingerprint density at radius 3 is 2.62 bits per heavy atom. The summed E-state index contributed by atoms with van der Waals surface area (Å²) in [6.45, 7) is 5.36. The summed E-state index contributed by atoms with van der Waals surface area (Å²) in [4.78, 5) is 0. The van der Waals surface area contributed by atoms with Crippen LogP contribution in [0, 0.1) is 17.8 Å². The molecule has 144 valence electrons. The van der Waals surface area contributed by atoms with Gasteiger partial charge in [0.1, 0.15) is 0 Å². The second kappa shape index (κ2) is 8.46. The Bertz CT molecular complexity index is 592. The van der Waals surface area contributed by atoms with Crippen molar-refractivity contribution in [2.75, 3.05) is 6.61 Å². The van der Waals surface area contributed by atoms with Crippen LogP contribution >= 0.6 is 0 Å². The summed E-state index contributed by atoms with van der Waals surface area (Å²) < 4.78 is 5.93. The number of hydrogen-bond acceptors (Lipinski definition) is 1. The molecule has 1 aromatic rings. The van der Waals surface area contributed by atoms with E-state index in [4.69, 9.17) is 4.74 Å². The van der Waals surface area contributed by atoms with E-state index in [-0.39, 0.29) is 0 Å². The fourth-order valence-corrected chi connectivity index (χ4v) is 6.29. The van der Waals surface area contributed by atoms with Gasteiger partial charge in [0.2, 0.25) is 0 Å². The van der Waals surface area contributed by atoms with E-state index in [1.807, 2.05) is 0 Å². The lowest BCUT2D eigenvalue weighted by atomic mass is 9.65. The van der Waals surface area contributed by atoms with Crippen molar-refractivity contribution < 1.29 is 4.74 Å². The highest BCUT2D eigenvalue weighted by molar-refractivity contribution is 5.36. The maximum Gasteiger partial charge on any atom is 0.0577 e. The Hall–Kier alpha value is -0.820. The number of ether oxygens (including phenoxy) is 1. The van der Waals surface area contributed by atoms with E-state index < -0.39 is 0 Å². The fraction of sp³-hybridized carbons (Fsp3) is 0.760. The zero-order valence-corrected chi connectivity index (χ0v) is 17.0. The lowest BCUT2D eigenvalue weighted by Gasteiger charge is -2.42. The lowest BCUT2D eigenvalue weighted by Crippen LogP contribution is -2.33. The molecule has 3 aliphatic carbocycles. The molecule has 5 unspecified atom stereocenters. The van der Waals surface area contributed by atoms with E-state index in [1.54, 1.807) is 16.7 Å². The van der Waals surface area contributed by atoms with Crippen molar-refractivity contribution in [1.29, 1.82) is 0 Å². The first-order chi connectivity index (χ1) is 12.8. The number of rotatable bonds is 5. The van der Waals surface area contributed by atoms with Gasteiger partial charge in [0.05, 0.1) is 6.10 Å². The molecule has 0 amide bonds. The summed E-state index contributed by atoms with van der Waals surface area (Å²) in [5.41, 5.74) is 4.99. The van der Waals surface area contributed by atoms with Crippen molar-refractivity contribution in [2.24, 2.45) is 17.8 Å². The zero-order chi connectivity index (χ0) is 17.9. The minimum Gasteiger partial charge on any atom is -0.378 e. The molecule has 0 aromatic heterocycles. The van der Waals surface area contributed by atoms with Crippen LogP contribution < -0.4 is 0 Å². The van der Waals surface area contributed by atoms with E-state index in [1.165, 1.54) is 70.6 Å².